The third-order valence-electron chi connectivity index (χ3n) is 13.3. The second-order valence-corrected chi connectivity index (χ2v) is 28.8. The number of amides is 2. The molecule has 3 saturated heterocycles. The summed E-state index contributed by atoms with van der Waals surface area (Å²) in [5.74, 6) is -0.510. The first-order chi connectivity index (χ1) is 35.1. The number of alkyl halides is 3. The number of halogens is 4. The Hall–Kier alpha value is -5.18. The van der Waals surface area contributed by atoms with E-state index in [-0.39, 0.29) is 57.5 Å². The Balaban J connectivity index is 0.000000208. The quantitative estimate of drug-likeness (QED) is 0.0595. The lowest BCUT2D eigenvalue weighted by Crippen LogP contribution is -2.65. The van der Waals surface area contributed by atoms with Crippen molar-refractivity contribution in [3.63, 3.8) is 0 Å². The van der Waals surface area contributed by atoms with E-state index in [0.717, 1.165) is 17.2 Å². The molecule has 7 heterocycles. The lowest BCUT2D eigenvalue weighted by Gasteiger charge is -2.51. The highest BCUT2D eigenvalue weighted by molar-refractivity contribution is 9.10. The van der Waals surface area contributed by atoms with Gasteiger partial charge in [0.2, 0.25) is 0 Å². The molecule has 27 heteroatoms. The Morgan fingerprint density at radius 3 is 1.82 bits per heavy atom. The summed E-state index contributed by atoms with van der Waals surface area (Å²) < 4.78 is 78.9. The van der Waals surface area contributed by atoms with Crippen LogP contribution >= 0.6 is 15.9 Å². The van der Waals surface area contributed by atoms with Gasteiger partial charge in [0.1, 0.15) is 49.3 Å². The van der Waals surface area contributed by atoms with Gasteiger partial charge in [0.15, 0.2) is 51.2 Å². The summed E-state index contributed by atoms with van der Waals surface area (Å²) in [5, 5.41) is 36.7. The van der Waals surface area contributed by atoms with E-state index in [9.17, 15) is 38.1 Å². The number of nitrogens with zero attached hydrogens (tertiary/aromatic N) is 8. The molecule has 2 unspecified atom stereocenters. The molecule has 2 aromatic carbocycles. The number of nitrogens with one attached hydrogen (secondary N) is 2. The number of fused-ring (bicyclic) bond motifs is 3. The third kappa shape index (κ3) is 10.8. The van der Waals surface area contributed by atoms with Crippen LogP contribution in [0.1, 0.15) is 88.6 Å². The summed E-state index contributed by atoms with van der Waals surface area (Å²) in [4.78, 5) is 50.7. The number of aliphatic hydroxyl groups excluding tert-OH is 3. The van der Waals surface area contributed by atoms with Gasteiger partial charge < -0.3 is 48.4 Å². The van der Waals surface area contributed by atoms with Crippen molar-refractivity contribution in [1.82, 2.24) is 39.0 Å². The van der Waals surface area contributed by atoms with Crippen LogP contribution in [0.5, 0.6) is 0 Å². The van der Waals surface area contributed by atoms with Gasteiger partial charge in [-0.25, -0.2) is 29.9 Å². The van der Waals surface area contributed by atoms with E-state index in [2.05, 4.69) is 117 Å². The summed E-state index contributed by atoms with van der Waals surface area (Å²) >= 11 is 3.55. The molecular formula is C47H58BrF3N10O11Si2. The van der Waals surface area contributed by atoms with E-state index in [4.69, 9.17) is 22.4 Å². The molecular weight excluding hydrogens is 1070 g/mol. The summed E-state index contributed by atoms with van der Waals surface area (Å²) in [5.41, 5.74) is 2.31. The maximum atomic E-state index is 12.9. The number of rotatable bonds is 12. The number of ether oxygens (including phenoxy) is 3. The number of hydrogen-bond donors (Lipinski definition) is 5. The van der Waals surface area contributed by atoms with Gasteiger partial charge in [-0.15, -0.1) is 13.2 Å². The molecule has 74 heavy (non-hydrogen) atoms. The van der Waals surface area contributed by atoms with Crippen LogP contribution in [0, 0.1) is 0 Å². The number of imidazole rings is 2. The molecule has 9 rings (SSSR count). The molecule has 21 nitrogen and oxygen atoms in total. The number of aliphatic hydroxyl groups is 3. The van der Waals surface area contributed by atoms with E-state index < -0.39 is 85.1 Å². The minimum atomic E-state index is -5.06. The Kier molecular flexibility index (Phi) is 16.5. The van der Waals surface area contributed by atoms with Crippen molar-refractivity contribution in [2.45, 2.75) is 133 Å². The molecule has 3 fully saturated rings. The summed E-state index contributed by atoms with van der Waals surface area (Å²) in [7, 11) is -5.73. The van der Waals surface area contributed by atoms with Crippen molar-refractivity contribution in [2.75, 3.05) is 23.8 Å². The molecule has 398 valence electrons. The van der Waals surface area contributed by atoms with Crippen LogP contribution in [0.15, 0.2) is 84.4 Å². The predicted octanol–water partition coefficient (Wildman–Crippen LogP) is 7.29. The zero-order valence-electron chi connectivity index (χ0n) is 41.5. The van der Waals surface area contributed by atoms with E-state index in [1.165, 1.54) is 6.33 Å². The number of hydrogen-bond acceptors (Lipinski definition) is 17. The lowest BCUT2D eigenvalue weighted by atomic mass is 10.1. The van der Waals surface area contributed by atoms with Crippen molar-refractivity contribution in [3.05, 3.63) is 95.5 Å². The second-order valence-electron chi connectivity index (χ2n) is 19.2. The zero-order chi connectivity index (χ0) is 53.4. The zero-order valence-corrected chi connectivity index (χ0v) is 45.1. The maximum absolute atomic E-state index is 12.9. The average Bonchev–Trinajstić information content (AvgIpc) is 4.10. The van der Waals surface area contributed by atoms with E-state index in [1.807, 2.05) is 6.07 Å². The predicted molar refractivity (Wildman–Crippen MR) is 269 cm³/mol. The highest BCUT2D eigenvalue weighted by Crippen LogP contribution is 2.49. The van der Waals surface area contributed by atoms with E-state index >= 15 is 0 Å². The molecule has 2 amide bonds. The fourth-order valence-electron chi connectivity index (χ4n) is 9.59. The normalized spacial score (nSPS) is 24.7. The fraction of sp³-hybridized carbons (Fsp3) is 0.489. The molecule has 4 aromatic heterocycles. The van der Waals surface area contributed by atoms with Crippen LogP contribution < -0.4 is 10.6 Å². The van der Waals surface area contributed by atoms with Gasteiger partial charge in [0, 0.05) is 11.1 Å². The van der Waals surface area contributed by atoms with Gasteiger partial charge >= 0.3 is 23.5 Å². The highest BCUT2D eigenvalue weighted by atomic mass is 79.9. The van der Waals surface area contributed by atoms with Crippen LogP contribution in [0.2, 0.25) is 22.2 Å². The average molecular weight is 1130 g/mol. The maximum Gasteiger partial charge on any atom is 0.523 e. The Morgan fingerprint density at radius 1 is 0.757 bits per heavy atom. The Morgan fingerprint density at radius 2 is 1.30 bits per heavy atom. The highest BCUT2D eigenvalue weighted by Gasteiger charge is 2.62. The lowest BCUT2D eigenvalue weighted by molar-refractivity contribution is -0.355. The molecule has 3 aliphatic heterocycles. The second kappa shape index (κ2) is 22.2. The largest absolute Gasteiger partial charge is 0.523 e. The molecule has 0 spiro atoms. The van der Waals surface area contributed by atoms with Crippen molar-refractivity contribution < 1.29 is 65.3 Å². The number of carbonyl (C=O) groups is 2. The first-order valence-corrected chi connectivity index (χ1v) is 28.7. The molecule has 6 aromatic rings. The molecule has 0 bridgehead atoms. The number of aromatic nitrogens is 8. The summed E-state index contributed by atoms with van der Waals surface area (Å²) in [6.07, 6.45) is -11.1. The first kappa shape index (κ1) is 55.1. The van der Waals surface area contributed by atoms with Crippen molar-refractivity contribution in [1.29, 1.82) is 0 Å². The summed E-state index contributed by atoms with van der Waals surface area (Å²) in [6.45, 7) is 16.8. The minimum Gasteiger partial charge on any atom is -0.414 e. The van der Waals surface area contributed by atoms with Gasteiger partial charge in [-0.3, -0.25) is 23.5 Å². The van der Waals surface area contributed by atoms with Crippen molar-refractivity contribution in [2.24, 2.45) is 0 Å². The standard InChI is InChI=1S/C29H42BrN5O6Si2.C18H16F3N5O5/c1-16(2)42(17(3)4)38-14-21-24(40-43(41-42,18(5)6)19(7)8)23(36)28(39-21)35-26-22(33-29(35)30)25(31-15-32-26)34-27(37)20-12-10-9-11-13-20;19-18(20,21)31-13-12(28)10(6-27)30-17(13)26-8-24-11-14(22-7-23-15(11)26)25-16(29)9-4-2-1-3-5-9/h9-13,15-19,21,23-24,28,36H,14H2,1-8H3,(H,31,32,34,37);1-5,7-8,10,12-13,17,27-28H,6H2,(H,22,23,25,29)/t21-,23?,24+,28-;10-,12+,13?,17-/m11/s1. The van der Waals surface area contributed by atoms with Crippen LogP contribution in [-0.2, 0) is 27.2 Å². The molecule has 0 aliphatic carbocycles. The summed E-state index contributed by atoms with van der Waals surface area (Å²) in [6, 6.07) is 17.2. The van der Waals surface area contributed by atoms with Gasteiger partial charge in [0.25, 0.3) is 11.8 Å². The number of anilines is 2. The molecule has 0 saturated carbocycles. The monoisotopic (exact) mass is 1130 g/mol. The first-order valence-electron chi connectivity index (χ1n) is 23.9. The number of carbonyl (C=O) groups excluding carboxylic acids is 2. The molecule has 0 radical (unpaired) electrons. The minimum absolute atomic E-state index is 0.0307. The van der Waals surface area contributed by atoms with Gasteiger partial charge in [-0.1, -0.05) is 91.8 Å². The fourth-order valence-corrected chi connectivity index (χ4v) is 21.4. The van der Waals surface area contributed by atoms with Crippen LogP contribution in [0.25, 0.3) is 22.3 Å². The van der Waals surface area contributed by atoms with Crippen LogP contribution in [-0.4, -0.2) is 139 Å². The van der Waals surface area contributed by atoms with E-state index in [0.29, 0.717) is 27.0 Å². The van der Waals surface area contributed by atoms with Crippen molar-refractivity contribution >= 4 is 78.8 Å². The van der Waals surface area contributed by atoms with Gasteiger partial charge in [-0.2, -0.15) is 0 Å². The smallest absolute Gasteiger partial charge is 0.414 e. The van der Waals surface area contributed by atoms with E-state index in [1.54, 1.807) is 59.2 Å². The molecule has 8 atom stereocenters. The topological polar surface area (TPSA) is 261 Å². The molecule has 5 N–H and O–H groups in total. The third-order valence-corrected chi connectivity index (χ3v) is 24.1. The van der Waals surface area contributed by atoms with Crippen LogP contribution in [0.3, 0.4) is 0 Å². The van der Waals surface area contributed by atoms with Crippen molar-refractivity contribution in [3.8, 4) is 0 Å². The molecule has 3 aliphatic rings. The Bertz CT molecular complexity index is 2910. The SMILES string of the molecule is CC(C)[Si]1(C(C)C)OC[C@H]2O[C@@H](n3c(Br)nc4c(NC(=O)c5ccccc5)ncnc43)C(O)[C@H]2O[Si](C(C)C)(C(C)C)O1.O=C(Nc1ncnc2c1ncn2[C@@H]1O[C@H](CO)[C@H](O)C1OC(F)(F)F)c1ccccc1. The van der Waals surface area contributed by atoms with Gasteiger partial charge in [-0.05, 0) is 62.4 Å². The Labute approximate surface area is 433 Å². The van der Waals surface area contributed by atoms with Crippen LogP contribution in [0.4, 0.5) is 24.8 Å². The van der Waals surface area contributed by atoms with Gasteiger partial charge in [0.05, 0.1) is 19.5 Å². The number of benzene rings is 2.